The van der Waals surface area contributed by atoms with Crippen molar-refractivity contribution in [3.63, 3.8) is 0 Å². The van der Waals surface area contributed by atoms with Crippen molar-refractivity contribution in [1.82, 2.24) is 9.97 Å². The van der Waals surface area contributed by atoms with Crippen LogP contribution in [0, 0.1) is 5.82 Å². The average Bonchev–Trinajstić information content (AvgIpc) is 3.05. The molecule has 2 heterocycles. The number of aromatic nitrogens is 2. The van der Waals surface area contributed by atoms with Gasteiger partial charge in [-0.1, -0.05) is 38.8 Å². The SMILES string of the molecule is CCCC(CCC)Nc1ncc2cc(C(=O)c3ccccc3F)sc2n1. The highest BCUT2D eigenvalue weighted by molar-refractivity contribution is 7.20. The maximum absolute atomic E-state index is 13.9. The highest BCUT2D eigenvalue weighted by atomic mass is 32.1. The number of rotatable bonds is 8. The number of benzene rings is 1. The summed E-state index contributed by atoms with van der Waals surface area (Å²) in [4.78, 5) is 22.7. The van der Waals surface area contributed by atoms with Crippen LogP contribution < -0.4 is 5.32 Å². The zero-order chi connectivity index (χ0) is 18.5. The molecule has 0 aliphatic carbocycles. The van der Waals surface area contributed by atoms with Gasteiger partial charge >= 0.3 is 0 Å². The van der Waals surface area contributed by atoms with Crippen molar-refractivity contribution in [2.45, 2.75) is 45.6 Å². The van der Waals surface area contributed by atoms with Gasteiger partial charge in [-0.3, -0.25) is 4.79 Å². The maximum atomic E-state index is 13.9. The number of carbonyl (C=O) groups excluding carboxylic acids is 1. The van der Waals surface area contributed by atoms with E-state index in [4.69, 9.17) is 0 Å². The van der Waals surface area contributed by atoms with Crippen LogP contribution >= 0.6 is 11.3 Å². The molecule has 0 aliphatic rings. The lowest BCUT2D eigenvalue weighted by Gasteiger charge is -2.16. The molecule has 0 saturated carbocycles. The Kier molecular flexibility index (Phi) is 5.93. The fourth-order valence-corrected chi connectivity index (χ4v) is 3.92. The molecule has 0 fully saturated rings. The molecule has 0 radical (unpaired) electrons. The summed E-state index contributed by atoms with van der Waals surface area (Å²) in [5.41, 5.74) is 0.0799. The Hall–Kier alpha value is -2.34. The third kappa shape index (κ3) is 4.07. The summed E-state index contributed by atoms with van der Waals surface area (Å²) in [5, 5.41) is 4.19. The summed E-state index contributed by atoms with van der Waals surface area (Å²) in [7, 11) is 0. The third-order valence-corrected chi connectivity index (χ3v) is 5.27. The number of nitrogens with zero attached hydrogens (tertiary/aromatic N) is 2. The zero-order valence-electron chi connectivity index (χ0n) is 15.0. The molecule has 1 N–H and O–H groups in total. The van der Waals surface area contributed by atoms with Gasteiger partial charge in [0.1, 0.15) is 10.6 Å². The maximum Gasteiger partial charge on any atom is 0.224 e. The van der Waals surface area contributed by atoms with Gasteiger partial charge < -0.3 is 5.32 Å². The zero-order valence-corrected chi connectivity index (χ0v) is 15.8. The third-order valence-electron chi connectivity index (χ3n) is 4.22. The van der Waals surface area contributed by atoms with Crippen LogP contribution in [0.15, 0.2) is 36.5 Å². The van der Waals surface area contributed by atoms with E-state index in [-0.39, 0.29) is 11.3 Å². The van der Waals surface area contributed by atoms with Crippen molar-refractivity contribution in [2.75, 3.05) is 5.32 Å². The Balaban J connectivity index is 1.85. The van der Waals surface area contributed by atoms with Crippen molar-refractivity contribution in [3.8, 4) is 0 Å². The quantitative estimate of drug-likeness (QED) is 0.536. The second-order valence-corrected chi connectivity index (χ2v) is 7.32. The van der Waals surface area contributed by atoms with Gasteiger partial charge in [-0.25, -0.2) is 14.4 Å². The van der Waals surface area contributed by atoms with E-state index >= 15 is 0 Å². The van der Waals surface area contributed by atoms with E-state index in [9.17, 15) is 9.18 Å². The molecule has 136 valence electrons. The molecule has 3 aromatic rings. The van der Waals surface area contributed by atoms with Crippen molar-refractivity contribution in [3.05, 3.63) is 52.8 Å². The number of hydrogen-bond donors (Lipinski definition) is 1. The number of halogens is 1. The Morgan fingerprint density at radius 1 is 1.23 bits per heavy atom. The molecule has 4 nitrogen and oxygen atoms in total. The van der Waals surface area contributed by atoms with Crippen LogP contribution in [-0.2, 0) is 0 Å². The first-order valence-electron chi connectivity index (χ1n) is 8.94. The van der Waals surface area contributed by atoms with Gasteiger partial charge in [0.25, 0.3) is 0 Å². The fraction of sp³-hybridized carbons (Fsp3) is 0.350. The van der Waals surface area contributed by atoms with E-state index in [2.05, 4.69) is 29.1 Å². The van der Waals surface area contributed by atoms with E-state index in [1.54, 1.807) is 24.4 Å². The van der Waals surface area contributed by atoms with Crippen molar-refractivity contribution >= 4 is 33.3 Å². The predicted octanol–water partition coefficient (Wildman–Crippen LogP) is 5.44. The number of ketones is 1. The van der Waals surface area contributed by atoms with E-state index in [0.29, 0.717) is 16.9 Å². The Bertz CT molecular complexity index is 903. The summed E-state index contributed by atoms with van der Waals surface area (Å²) in [6, 6.07) is 8.11. The molecule has 1 aromatic carbocycles. The van der Waals surface area contributed by atoms with E-state index in [1.807, 2.05) is 0 Å². The fourth-order valence-electron chi connectivity index (χ4n) is 2.96. The summed E-state index contributed by atoms with van der Waals surface area (Å²) in [5.74, 6) is -0.253. The van der Waals surface area contributed by atoms with Crippen LogP contribution in [0.4, 0.5) is 10.3 Å². The van der Waals surface area contributed by atoms with E-state index in [1.165, 1.54) is 23.5 Å². The van der Waals surface area contributed by atoms with Gasteiger partial charge in [0, 0.05) is 17.6 Å². The minimum Gasteiger partial charge on any atom is -0.351 e. The molecule has 0 saturated heterocycles. The minimum absolute atomic E-state index is 0.0799. The minimum atomic E-state index is -0.509. The lowest BCUT2D eigenvalue weighted by Crippen LogP contribution is -2.20. The first kappa shape index (κ1) is 18.5. The van der Waals surface area contributed by atoms with Crippen LogP contribution in [0.25, 0.3) is 10.2 Å². The van der Waals surface area contributed by atoms with Gasteiger partial charge in [0.2, 0.25) is 11.7 Å². The highest BCUT2D eigenvalue weighted by Gasteiger charge is 2.17. The summed E-state index contributed by atoms with van der Waals surface area (Å²) in [6.45, 7) is 4.32. The molecule has 3 rings (SSSR count). The van der Waals surface area contributed by atoms with Gasteiger partial charge in [-0.2, -0.15) is 0 Å². The van der Waals surface area contributed by atoms with Gasteiger partial charge in [-0.15, -0.1) is 11.3 Å². The predicted molar refractivity (Wildman–Crippen MR) is 104 cm³/mol. The molecular weight excluding hydrogens is 349 g/mol. The molecule has 6 heteroatoms. The number of anilines is 1. The normalized spacial score (nSPS) is 11.2. The molecular formula is C20H22FN3OS. The summed E-state index contributed by atoms with van der Waals surface area (Å²) in [6.07, 6.45) is 6.04. The smallest absolute Gasteiger partial charge is 0.224 e. The Labute approximate surface area is 156 Å². The van der Waals surface area contributed by atoms with Crippen LogP contribution in [0.5, 0.6) is 0 Å². The number of carbonyl (C=O) groups is 1. The first-order chi connectivity index (χ1) is 12.6. The summed E-state index contributed by atoms with van der Waals surface area (Å²) < 4.78 is 13.9. The second-order valence-electron chi connectivity index (χ2n) is 6.29. The van der Waals surface area contributed by atoms with E-state index in [0.717, 1.165) is 35.9 Å². The van der Waals surface area contributed by atoms with Crippen LogP contribution in [-0.4, -0.2) is 21.8 Å². The Morgan fingerprint density at radius 3 is 2.65 bits per heavy atom. The van der Waals surface area contributed by atoms with Crippen LogP contribution in [0.1, 0.15) is 54.8 Å². The molecule has 2 aromatic heterocycles. The monoisotopic (exact) mass is 371 g/mol. The molecule has 0 bridgehead atoms. The van der Waals surface area contributed by atoms with Crippen LogP contribution in [0.2, 0.25) is 0 Å². The average molecular weight is 371 g/mol. The molecule has 0 spiro atoms. The van der Waals surface area contributed by atoms with Crippen molar-refractivity contribution < 1.29 is 9.18 Å². The first-order valence-corrected chi connectivity index (χ1v) is 9.76. The summed E-state index contributed by atoms with van der Waals surface area (Å²) >= 11 is 1.27. The molecule has 0 atom stereocenters. The van der Waals surface area contributed by atoms with Crippen molar-refractivity contribution in [1.29, 1.82) is 0 Å². The van der Waals surface area contributed by atoms with Gasteiger partial charge in [0.15, 0.2) is 0 Å². The topological polar surface area (TPSA) is 54.9 Å². The number of fused-ring (bicyclic) bond motifs is 1. The van der Waals surface area contributed by atoms with Gasteiger partial charge in [-0.05, 0) is 31.0 Å². The molecule has 0 aliphatic heterocycles. The largest absolute Gasteiger partial charge is 0.351 e. The van der Waals surface area contributed by atoms with Crippen molar-refractivity contribution in [2.24, 2.45) is 0 Å². The number of thiophene rings is 1. The molecule has 0 unspecified atom stereocenters. The van der Waals surface area contributed by atoms with Gasteiger partial charge in [0.05, 0.1) is 10.4 Å². The highest BCUT2D eigenvalue weighted by Crippen LogP contribution is 2.27. The van der Waals surface area contributed by atoms with E-state index < -0.39 is 5.82 Å². The number of hydrogen-bond acceptors (Lipinski definition) is 5. The second kappa shape index (κ2) is 8.36. The lowest BCUT2D eigenvalue weighted by molar-refractivity contribution is 0.103. The van der Waals surface area contributed by atoms with Crippen LogP contribution in [0.3, 0.4) is 0 Å². The molecule has 26 heavy (non-hydrogen) atoms. The Morgan fingerprint density at radius 2 is 1.96 bits per heavy atom. The standard InChI is InChI=1S/C20H22FN3OS/c1-3-7-14(8-4-2)23-20-22-12-13-11-17(26-19(13)24-20)18(25)15-9-5-6-10-16(15)21/h5-6,9-12,14H,3-4,7-8H2,1-2H3,(H,22,23,24). The number of nitrogens with one attached hydrogen (secondary N) is 1. The molecule has 0 amide bonds. The lowest BCUT2D eigenvalue weighted by atomic mass is 10.1.